The number of methoxy groups -OCH3 is 1. The molecule has 0 radical (unpaired) electrons. The summed E-state index contributed by atoms with van der Waals surface area (Å²) in [6, 6.07) is 8.36. The molecule has 1 saturated heterocycles. The molecule has 1 heterocycles. The van der Waals surface area contributed by atoms with E-state index in [2.05, 4.69) is 16.7 Å². The number of carbonyl (C=O) groups is 1. The fourth-order valence-corrected chi connectivity index (χ4v) is 3.84. The predicted molar refractivity (Wildman–Crippen MR) is 87.2 cm³/mol. The van der Waals surface area contributed by atoms with Gasteiger partial charge in [0.1, 0.15) is 5.75 Å². The van der Waals surface area contributed by atoms with Crippen LogP contribution >= 0.6 is 0 Å². The van der Waals surface area contributed by atoms with Crippen molar-refractivity contribution in [2.75, 3.05) is 20.2 Å². The first-order valence-corrected chi connectivity index (χ1v) is 8.41. The Balaban J connectivity index is 1.82. The van der Waals surface area contributed by atoms with Crippen molar-refractivity contribution in [3.05, 3.63) is 29.8 Å². The number of ether oxygens (including phenoxy) is 1. The quantitative estimate of drug-likeness (QED) is 0.898. The number of rotatable bonds is 4. The first-order chi connectivity index (χ1) is 10.7. The molecule has 120 valence electrons. The van der Waals surface area contributed by atoms with Gasteiger partial charge in [0.15, 0.2) is 0 Å². The molecule has 1 aliphatic heterocycles. The van der Waals surface area contributed by atoms with Crippen LogP contribution in [-0.2, 0) is 10.2 Å². The zero-order chi connectivity index (χ0) is 15.4. The molecule has 1 saturated carbocycles. The molecule has 2 aliphatic rings. The van der Waals surface area contributed by atoms with Crippen LogP contribution in [0.25, 0.3) is 0 Å². The van der Waals surface area contributed by atoms with Crippen LogP contribution in [-0.4, -0.2) is 32.1 Å². The van der Waals surface area contributed by atoms with Gasteiger partial charge in [-0.25, -0.2) is 0 Å². The Labute approximate surface area is 132 Å². The molecule has 0 bridgehead atoms. The molecule has 0 atom stereocenters. The van der Waals surface area contributed by atoms with Crippen LogP contribution in [0.15, 0.2) is 24.3 Å². The minimum Gasteiger partial charge on any atom is -0.497 e. The van der Waals surface area contributed by atoms with Crippen LogP contribution in [0.5, 0.6) is 5.75 Å². The molecule has 1 aromatic carbocycles. The lowest BCUT2D eigenvalue weighted by Crippen LogP contribution is -2.50. The van der Waals surface area contributed by atoms with E-state index in [0.29, 0.717) is 6.04 Å². The normalized spacial score (nSPS) is 21.5. The van der Waals surface area contributed by atoms with Crippen molar-refractivity contribution in [2.24, 2.45) is 0 Å². The number of nitrogens with one attached hydrogen (secondary N) is 2. The van der Waals surface area contributed by atoms with Crippen molar-refractivity contribution in [1.29, 1.82) is 0 Å². The molecule has 2 N–H and O–H groups in total. The van der Waals surface area contributed by atoms with Gasteiger partial charge in [-0.05, 0) is 56.5 Å². The molecule has 1 amide bonds. The fourth-order valence-electron chi connectivity index (χ4n) is 3.84. The topological polar surface area (TPSA) is 50.4 Å². The van der Waals surface area contributed by atoms with Crippen molar-refractivity contribution in [1.82, 2.24) is 10.6 Å². The highest BCUT2D eigenvalue weighted by Crippen LogP contribution is 2.42. The first kappa shape index (κ1) is 15.3. The molecule has 22 heavy (non-hydrogen) atoms. The van der Waals surface area contributed by atoms with E-state index >= 15 is 0 Å². The fraction of sp³-hybridized carbons (Fsp3) is 0.611. The molecule has 1 aromatic rings. The van der Waals surface area contributed by atoms with Crippen molar-refractivity contribution in [3.63, 3.8) is 0 Å². The number of hydrogen-bond donors (Lipinski definition) is 2. The van der Waals surface area contributed by atoms with Gasteiger partial charge < -0.3 is 15.4 Å². The second-order valence-corrected chi connectivity index (χ2v) is 6.52. The van der Waals surface area contributed by atoms with Crippen molar-refractivity contribution >= 4 is 5.91 Å². The summed E-state index contributed by atoms with van der Waals surface area (Å²) in [5, 5.41) is 6.66. The second-order valence-electron chi connectivity index (χ2n) is 6.52. The van der Waals surface area contributed by atoms with Gasteiger partial charge in [0.25, 0.3) is 0 Å². The highest BCUT2D eigenvalue weighted by Gasteiger charge is 2.43. The summed E-state index contributed by atoms with van der Waals surface area (Å²) in [4.78, 5) is 13.1. The van der Waals surface area contributed by atoms with Gasteiger partial charge in [-0.15, -0.1) is 0 Å². The van der Waals surface area contributed by atoms with E-state index in [1.165, 1.54) is 0 Å². The molecule has 4 heteroatoms. The Morgan fingerprint density at radius 1 is 1.27 bits per heavy atom. The Kier molecular flexibility index (Phi) is 4.67. The standard InChI is InChI=1S/C18H26N2O2/c1-22-16-6-4-5-14(13-16)18(9-2-3-10-18)17(21)20-15-7-11-19-12-8-15/h4-6,13,15,19H,2-3,7-12H2,1H3,(H,20,21). The monoisotopic (exact) mass is 302 g/mol. The summed E-state index contributed by atoms with van der Waals surface area (Å²) < 4.78 is 5.35. The van der Waals surface area contributed by atoms with Gasteiger partial charge in [-0.3, -0.25) is 4.79 Å². The average Bonchev–Trinajstić information content (AvgIpc) is 3.07. The molecule has 0 aromatic heterocycles. The second kappa shape index (κ2) is 6.69. The van der Waals surface area contributed by atoms with E-state index in [1.54, 1.807) is 7.11 Å². The van der Waals surface area contributed by atoms with Gasteiger partial charge in [0.05, 0.1) is 12.5 Å². The highest BCUT2D eigenvalue weighted by molar-refractivity contribution is 5.89. The SMILES string of the molecule is COc1cccc(C2(C(=O)NC3CCNCC3)CCCC2)c1. The van der Waals surface area contributed by atoms with E-state index in [1.807, 2.05) is 18.2 Å². The number of piperidine rings is 1. The smallest absolute Gasteiger partial charge is 0.230 e. The van der Waals surface area contributed by atoms with Crippen LogP contribution in [0, 0.1) is 0 Å². The summed E-state index contributed by atoms with van der Waals surface area (Å²) >= 11 is 0. The Bertz CT molecular complexity index is 518. The lowest BCUT2D eigenvalue weighted by molar-refractivity contribution is -0.127. The van der Waals surface area contributed by atoms with Gasteiger partial charge in [-0.2, -0.15) is 0 Å². The largest absolute Gasteiger partial charge is 0.497 e. The Hall–Kier alpha value is -1.55. The molecule has 3 rings (SSSR count). The van der Waals surface area contributed by atoms with E-state index in [9.17, 15) is 4.79 Å². The summed E-state index contributed by atoms with van der Waals surface area (Å²) in [5.74, 6) is 1.04. The number of hydrogen-bond acceptors (Lipinski definition) is 3. The Morgan fingerprint density at radius 3 is 2.68 bits per heavy atom. The van der Waals surface area contributed by atoms with Gasteiger partial charge in [0.2, 0.25) is 5.91 Å². The minimum absolute atomic E-state index is 0.213. The summed E-state index contributed by atoms with van der Waals surface area (Å²) in [6.07, 6.45) is 6.18. The van der Waals surface area contributed by atoms with Crippen molar-refractivity contribution in [3.8, 4) is 5.75 Å². The number of amides is 1. The lowest BCUT2D eigenvalue weighted by atomic mass is 9.77. The Morgan fingerprint density at radius 2 is 2.00 bits per heavy atom. The average molecular weight is 302 g/mol. The third-order valence-electron chi connectivity index (χ3n) is 5.19. The number of benzene rings is 1. The van der Waals surface area contributed by atoms with E-state index in [4.69, 9.17) is 4.74 Å². The molecule has 0 unspecified atom stereocenters. The van der Waals surface area contributed by atoms with Crippen molar-refractivity contribution in [2.45, 2.75) is 50.0 Å². The van der Waals surface area contributed by atoms with E-state index < -0.39 is 0 Å². The number of carbonyl (C=O) groups excluding carboxylic acids is 1. The first-order valence-electron chi connectivity index (χ1n) is 8.41. The molecule has 2 fully saturated rings. The zero-order valence-electron chi connectivity index (χ0n) is 13.4. The van der Waals surface area contributed by atoms with Gasteiger partial charge >= 0.3 is 0 Å². The van der Waals surface area contributed by atoms with Crippen molar-refractivity contribution < 1.29 is 9.53 Å². The van der Waals surface area contributed by atoms with Crippen LogP contribution < -0.4 is 15.4 Å². The zero-order valence-corrected chi connectivity index (χ0v) is 13.4. The molecule has 0 spiro atoms. The van der Waals surface area contributed by atoms with Gasteiger partial charge in [0, 0.05) is 6.04 Å². The maximum atomic E-state index is 13.1. The molecular formula is C18H26N2O2. The third-order valence-corrected chi connectivity index (χ3v) is 5.19. The summed E-state index contributed by atoms with van der Waals surface area (Å²) in [5.41, 5.74) is 0.746. The lowest BCUT2D eigenvalue weighted by Gasteiger charge is -2.32. The van der Waals surface area contributed by atoms with Crippen LogP contribution in [0.4, 0.5) is 0 Å². The molecule has 4 nitrogen and oxygen atoms in total. The molecule has 1 aliphatic carbocycles. The van der Waals surface area contributed by atoms with Crippen LogP contribution in [0.1, 0.15) is 44.1 Å². The highest BCUT2D eigenvalue weighted by atomic mass is 16.5. The van der Waals surface area contributed by atoms with Gasteiger partial charge in [-0.1, -0.05) is 25.0 Å². The maximum absolute atomic E-state index is 13.1. The van der Waals surface area contributed by atoms with Crippen LogP contribution in [0.2, 0.25) is 0 Å². The minimum atomic E-state index is -0.362. The predicted octanol–water partition coefficient (Wildman–Crippen LogP) is 2.38. The third kappa shape index (κ3) is 2.98. The summed E-state index contributed by atoms with van der Waals surface area (Å²) in [7, 11) is 1.68. The summed E-state index contributed by atoms with van der Waals surface area (Å²) in [6.45, 7) is 1.99. The maximum Gasteiger partial charge on any atom is 0.230 e. The van der Waals surface area contributed by atoms with Crippen LogP contribution in [0.3, 0.4) is 0 Å². The molecular weight excluding hydrogens is 276 g/mol. The van der Waals surface area contributed by atoms with E-state index in [0.717, 1.165) is 62.9 Å². The van der Waals surface area contributed by atoms with E-state index in [-0.39, 0.29) is 11.3 Å².